The van der Waals surface area contributed by atoms with E-state index in [9.17, 15) is 23.1 Å². The van der Waals surface area contributed by atoms with Gasteiger partial charge in [-0.3, -0.25) is 9.59 Å². The van der Waals surface area contributed by atoms with Gasteiger partial charge in [-0.25, -0.2) is 8.42 Å². The Kier molecular flexibility index (Phi) is 8.60. The minimum Gasteiger partial charge on any atom is -0.381 e. The van der Waals surface area contributed by atoms with Crippen LogP contribution in [0.2, 0.25) is 0 Å². The molecule has 4 rings (SSSR count). The van der Waals surface area contributed by atoms with Gasteiger partial charge in [0.15, 0.2) is 15.9 Å². The fourth-order valence-corrected chi connectivity index (χ4v) is 6.45. The lowest BCUT2D eigenvalue weighted by Gasteiger charge is -2.38. The van der Waals surface area contributed by atoms with Crippen LogP contribution in [-0.4, -0.2) is 89.3 Å². The number of amides is 2. The second kappa shape index (κ2) is 11.7. The predicted octanol–water partition coefficient (Wildman–Crippen LogP) is 1.80. The van der Waals surface area contributed by atoms with Crippen LogP contribution in [0.1, 0.15) is 51.0 Å². The maximum Gasteiger partial charge on any atom is 0.257 e. The third kappa shape index (κ3) is 6.55. The topological polar surface area (TPSA) is 143 Å². The number of ether oxygens (including phenoxy) is 1. The number of aromatic nitrogens is 2. The summed E-state index contributed by atoms with van der Waals surface area (Å²) in [7, 11) is -3.70. The molecule has 1 saturated heterocycles. The van der Waals surface area contributed by atoms with E-state index in [-0.39, 0.29) is 42.8 Å². The average Bonchev–Trinajstić information content (AvgIpc) is 3.60. The van der Waals surface area contributed by atoms with Crippen molar-refractivity contribution < 1.29 is 32.4 Å². The van der Waals surface area contributed by atoms with Gasteiger partial charge < -0.3 is 24.2 Å². The fourth-order valence-electron chi connectivity index (χ4n) is 4.79. The highest BCUT2D eigenvalue weighted by molar-refractivity contribution is 7.91. The van der Waals surface area contributed by atoms with Gasteiger partial charge in [0.2, 0.25) is 17.6 Å². The lowest BCUT2D eigenvalue weighted by molar-refractivity contribution is -0.143. The number of aliphatic hydroxyl groups is 1. The third-order valence-corrected chi connectivity index (χ3v) is 8.30. The SMILES string of the molecule is CCC([C@H](O)c1nc(-c2ccccc2)no1)N(C(=O)CCC(=O)N1CCOCC1)[C@@H](C1CC1)S(C)(=O)=O. The molecule has 2 aromatic rings. The van der Waals surface area contributed by atoms with E-state index in [1.54, 1.807) is 24.0 Å². The van der Waals surface area contributed by atoms with E-state index in [2.05, 4.69) is 10.1 Å². The molecule has 1 N–H and O–H groups in total. The number of morpholine rings is 1. The van der Waals surface area contributed by atoms with E-state index in [1.165, 1.54) is 4.90 Å². The fraction of sp³-hybridized carbons (Fsp3) is 0.600. The van der Waals surface area contributed by atoms with E-state index < -0.39 is 33.3 Å². The summed E-state index contributed by atoms with van der Waals surface area (Å²) in [4.78, 5) is 33.5. The maximum absolute atomic E-state index is 13.6. The molecule has 3 atom stereocenters. The van der Waals surface area contributed by atoms with Gasteiger partial charge in [-0.05, 0) is 25.2 Å². The van der Waals surface area contributed by atoms with Gasteiger partial charge in [0.1, 0.15) is 5.37 Å². The molecule has 1 unspecified atom stereocenters. The van der Waals surface area contributed by atoms with Gasteiger partial charge in [0.25, 0.3) is 5.89 Å². The summed E-state index contributed by atoms with van der Waals surface area (Å²) in [6.07, 6.45) is 1.05. The first kappa shape index (κ1) is 27.2. The predicted molar refractivity (Wildman–Crippen MR) is 134 cm³/mol. The molecule has 1 aromatic carbocycles. The summed E-state index contributed by atoms with van der Waals surface area (Å²) < 4.78 is 36.4. The number of hydrogen-bond acceptors (Lipinski definition) is 9. The number of aliphatic hydroxyl groups excluding tert-OH is 1. The molecule has 37 heavy (non-hydrogen) atoms. The Morgan fingerprint density at radius 1 is 1.16 bits per heavy atom. The second-order valence-corrected chi connectivity index (χ2v) is 11.7. The van der Waals surface area contributed by atoms with E-state index in [1.807, 2.05) is 18.2 Å². The van der Waals surface area contributed by atoms with Crippen LogP contribution in [0.3, 0.4) is 0 Å². The molecule has 2 fully saturated rings. The van der Waals surface area contributed by atoms with Crippen LogP contribution in [0.5, 0.6) is 0 Å². The van der Waals surface area contributed by atoms with E-state index in [0.29, 0.717) is 44.7 Å². The summed E-state index contributed by atoms with van der Waals surface area (Å²) in [6.45, 7) is 3.57. The lowest BCUT2D eigenvalue weighted by Crippen LogP contribution is -2.53. The quantitative estimate of drug-likeness (QED) is 0.456. The molecule has 0 spiro atoms. The van der Waals surface area contributed by atoms with Gasteiger partial charge in [0.05, 0.1) is 19.3 Å². The summed E-state index contributed by atoms with van der Waals surface area (Å²) in [6, 6.07) is 8.15. The molecule has 2 amide bonds. The zero-order valence-electron chi connectivity index (χ0n) is 21.2. The van der Waals surface area contributed by atoms with Crippen molar-refractivity contribution in [3.63, 3.8) is 0 Å². The van der Waals surface area contributed by atoms with Crippen LogP contribution >= 0.6 is 0 Å². The summed E-state index contributed by atoms with van der Waals surface area (Å²) in [5.41, 5.74) is 0.694. The highest BCUT2D eigenvalue weighted by Gasteiger charge is 2.48. The molecule has 1 saturated carbocycles. The first-order valence-electron chi connectivity index (χ1n) is 12.6. The van der Waals surface area contributed by atoms with Crippen molar-refractivity contribution in [3.05, 3.63) is 36.2 Å². The van der Waals surface area contributed by atoms with Gasteiger partial charge in [-0.2, -0.15) is 4.98 Å². The van der Waals surface area contributed by atoms with Crippen LogP contribution < -0.4 is 0 Å². The number of rotatable bonds is 11. The van der Waals surface area contributed by atoms with Crippen LogP contribution in [0.25, 0.3) is 11.4 Å². The minimum absolute atomic E-state index is 0.0538. The largest absolute Gasteiger partial charge is 0.381 e. The standard InChI is InChI=1S/C25H34N4O7S/c1-3-19(22(32)24-26-23(27-36-24)17-7-5-4-6-8-17)29(25(18-9-10-18)37(2,33)34)21(31)12-11-20(30)28-13-15-35-16-14-28/h4-8,18-19,22,25,32H,3,9-16H2,1-2H3/t19?,22-,25+/m0/s1. The molecular formula is C25H34N4O7S. The van der Waals surface area contributed by atoms with E-state index in [0.717, 1.165) is 6.26 Å². The van der Waals surface area contributed by atoms with Gasteiger partial charge in [-0.1, -0.05) is 42.4 Å². The first-order valence-corrected chi connectivity index (χ1v) is 14.6. The molecule has 0 radical (unpaired) electrons. The summed E-state index contributed by atoms with van der Waals surface area (Å²) in [5, 5.41) is 14.1. The lowest BCUT2D eigenvalue weighted by atomic mass is 10.0. The third-order valence-electron chi connectivity index (χ3n) is 6.81. The van der Waals surface area contributed by atoms with Gasteiger partial charge in [-0.15, -0.1) is 0 Å². The van der Waals surface area contributed by atoms with E-state index >= 15 is 0 Å². The average molecular weight is 535 g/mol. The number of nitrogens with zero attached hydrogens (tertiary/aromatic N) is 4. The van der Waals surface area contributed by atoms with Crippen molar-refractivity contribution in [3.8, 4) is 11.4 Å². The van der Waals surface area contributed by atoms with Gasteiger partial charge >= 0.3 is 0 Å². The molecule has 12 heteroatoms. The Morgan fingerprint density at radius 3 is 2.43 bits per heavy atom. The highest BCUT2D eigenvalue weighted by atomic mass is 32.2. The zero-order chi connectivity index (χ0) is 26.6. The van der Waals surface area contributed by atoms with Crippen molar-refractivity contribution in [2.45, 2.75) is 56.5 Å². The number of hydrogen-bond donors (Lipinski definition) is 1. The highest BCUT2D eigenvalue weighted by Crippen LogP contribution is 2.41. The van der Waals surface area contributed by atoms with Crippen molar-refractivity contribution in [1.29, 1.82) is 0 Å². The summed E-state index contributed by atoms with van der Waals surface area (Å²) in [5.74, 6) is -0.733. The molecule has 2 heterocycles. The number of carbonyl (C=O) groups is 2. The maximum atomic E-state index is 13.6. The van der Waals surface area contributed by atoms with Crippen molar-refractivity contribution in [1.82, 2.24) is 19.9 Å². The zero-order valence-corrected chi connectivity index (χ0v) is 22.0. The molecule has 1 aliphatic carbocycles. The number of carbonyl (C=O) groups excluding carboxylic acids is 2. The monoisotopic (exact) mass is 534 g/mol. The molecule has 0 bridgehead atoms. The van der Waals surface area contributed by atoms with Crippen molar-refractivity contribution in [2.24, 2.45) is 5.92 Å². The molecule has 1 aliphatic heterocycles. The molecule has 11 nitrogen and oxygen atoms in total. The van der Waals surface area contributed by atoms with Crippen LogP contribution in [0, 0.1) is 5.92 Å². The molecule has 1 aromatic heterocycles. The second-order valence-electron chi connectivity index (χ2n) is 9.59. The Morgan fingerprint density at radius 2 is 1.84 bits per heavy atom. The van der Waals surface area contributed by atoms with Crippen molar-refractivity contribution in [2.75, 3.05) is 32.6 Å². The molecule has 2 aliphatic rings. The van der Waals surface area contributed by atoms with E-state index in [4.69, 9.17) is 9.26 Å². The smallest absolute Gasteiger partial charge is 0.257 e. The Labute approximate surface area is 216 Å². The number of sulfone groups is 1. The Balaban J connectivity index is 1.58. The molecule has 202 valence electrons. The number of benzene rings is 1. The van der Waals surface area contributed by atoms with Crippen LogP contribution in [0.15, 0.2) is 34.9 Å². The minimum atomic E-state index is -3.70. The normalized spacial score (nSPS) is 18.7. The Bertz CT molecular complexity index is 1180. The van der Waals surface area contributed by atoms with Crippen LogP contribution in [-0.2, 0) is 24.2 Å². The van der Waals surface area contributed by atoms with Crippen molar-refractivity contribution >= 4 is 21.7 Å². The summed E-state index contributed by atoms with van der Waals surface area (Å²) >= 11 is 0. The molecular weight excluding hydrogens is 500 g/mol. The van der Waals surface area contributed by atoms with Gasteiger partial charge in [0, 0.05) is 37.8 Å². The Hall–Kier alpha value is -2.83. The first-order chi connectivity index (χ1) is 17.7. The van der Waals surface area contributed by atoms with Crippen LogP contribution in [0.4, 0.5) is 0 Å².